The van der Waals surface area contributed by atoms with E-state index >= 15 is 0 Å². The summed E-state index contributed by atoms with van der Waals surface area (Å²) in [5, 5.41) is 19.4. The third-order valence-electron chi connectivity index (χ3n) is 3.29. The monoisotopic (exact) mass is 278 g/mol. The lowest BCUT2D eigenvalue weighted by Crippen LogP contribution is -2.35. The number of hydrogen-bond donors (Lipinski definition) is 2. The predicted molar refractivity (Wildman–Crippen MR) is 81.4 cm³/mol. The fourth-order valence-corrected chi connectivity index (χ4v) is 1.77. The van der Waals surface area contributed by atoms with Gasteiger partial charge >= 0.3 is 0 Å². The molecule has 0 heterocycles. The normalized spacial score (nSPS) is 14.3. The standard InChI is InChI=1S/C17H26O3/c1-14(9-10-16(18)17(2,3)19)11-12-20-13-15-7-5-4-6-8-15/h4-8,11,16,18-19H,9-10,12-13H2,1-3H3/b14-11+. The molecule has 0 fully saturated rings. The molecular weight excluding hydrogens is 252 g/mol. The minimum Gasteiger partial charge on any atom is -0.390 e. The molecule has 0 saturated carbocycles. The Bertz CT molecular complexity index is 404. The maximum absolute atomic E-state index is 9.75. The van der Waals surface area contributed by atoms with Crippen molar-refractivity contribution >= 4 is 0 Å². The molecule has 0 bridgehead atoms. The average Bonchev–Trinajstić information content (AvgIpc) is 2.41. The summed E-state index contributed by atoms with van der Waals surface area (Å²) < 4.78 is 5.58. The van der Waals surface area contributed by atoms with Gasteiger partial charge in [0, 0.05) is 0 Å². The van der Waals surface area contributed by atoms with Crippen LogP contribution in [0.1, 0.15) is 39.2 Å². The first-order valence-electron chi connectivity index (χ1n) is 7.07. The molecule has 1 aromatic carbocycles. The van der Waals surface area contributed by atoms with Gasteiger partial charge in [0.1, 0.15) is 0 Å². The second-order valence-electron chi connectivity index (χ2n) is 5.76. The molecule has 0 aliphatic rings. The van der Waals surface area contributed by atoms with Gasteiger partial charge in [0.25, 0.3) is 0 Å². The molecular formula is C17H26O3. The Kier molecular flexibility index (Phi) is 6.93. The number of benzene rings is 1. The quantitative estimate of drug-likeness (QED) is 0.567. The van der Waals surface area contributed by atoms with E-state index in [9.17, 15) is 10.2 Å². The molecule has 20 heavy (non-hydrogen) atoms. The SMILES string of the molecule is C/C(=C\COCc1ccccc1)CCC(O)C(C)(C)O. The van der Waals surface area contributed by atoms with Gasteiger partial charge in [-0.2, -0.15) is 0 Å². The largest absolute Gasteiger partial charge is 0.390 e. The maximum atomic E-state index is 9.75. The number of allylic oxidation sites excluding steroid dienone is 1. The van der Waals surface area contributed by atoms with Gasteiger partial charge in [-0.15, -0.1) is 0 Å². The summed E-state index contributed by atoms with van der Waals surface area (Å²) in [6.45, 7) is 6.44. The van der Waals surface area contributed by atoms with Crippen LogP contribution in [0.3, 0.4) is 0 Å². The van der Waals surface area contributed by atoms with Gasteiger partial charge in [0.05, 0.1) is 24.9 Å². The smallest absolute Gasteiger partial charge is 0.0849 e. The fraction of sp³-hybridized carbons (Fsp3) is 0.529. The highest BCUT2D eigenvalue weighted by molar-refractivity contribution is 5.13. The van der Waals surface area contributed by atoms with E-state index in [-0.39, 0.29) is 0 Å². The molecule has 0 radical (unpaired) electrons. The minimum atomic E-state index is -1.04. The van der Waals surface area contributed by atoms with Gasteiger partial charge in [-0.1, -0.05) is 42.0 Å². The van der Waals surface area contributed by atoms with Crippen LogP contribution in [0.2, 0.25) is 0 Å². The molecule has 2 N–H and O–H groups in total. The second kappa shape index (κ2) is 8.20. The lowest BCUT2D eigenvalue weighted by atomic mass is 9.96. The molecule has 1 aromatic rings. The van der Waals surface area contributed by atoms with Gasteiger partial charge in [-0.05, 0) is 39.2 Å². The van der Waals surface area contributed by atoms with Crippen LogP contribution in [0, 0.1) is 0 Å². The molecule has 112 valence electrons. The summed E-state index contributed by atoms with van der Waals surface area (Å²) in [4.78, 5) is 0. The molecule has 0 saturated heterocycles. The van der Waals surface area contributed by atoms with Crippen molar-refractivity contribution in [3.63, 3.8) is 0 Å². The van der Waals surface area contributed by atoms with Crippen molar-refractivity contribution < 1.29 is 14.9 Å². The van der Waals surface area contributed by atoms with E-state index in [1.807, 2.05) is 43.3 Å². The van der Waals surface area contributed by atoms with E-state index in [1.165, 1.54) is 5.57 Å². The Labute approximate surface area is 121 Å². The fourth-order valence-electron chi connectivity index (χ4n) is 1.77. The Balaban J connectivity index is 2.22. The van der Waals surface area contributed by atoms with E-state index in [2.05, 4.69) is 0 Å². The maximum Gasteiger partial charge on any atom is 0.0849 e. The summed E-state index contributed by atoms with van der Waals surface area (Å²) in [6, 6.07) is 10.1. The number of aliphatic hydroxyl groups is 2. The Morgan fingerprint density at radius 2 is 1.95 bits per heavy atom. The summed E-state index contributed by atoms with van der Waals surface area (Å²) in [5.41, 5.74) is 1.29. The van der Waals surface area contributed by atoms with Crippen molar-refractivity contribution in [2.75, 3.05) is 6.61 Å². The first-order chi connectivity index (χ1) is 9.39. The number of aliphatic hydroxyl groups excluding tert-OH is 1. The molecule has 3 heteroatoms. The highest BCUT2D eigenvalue weighted by atomic mass is 16.5. The van der Waals surface area contributed by atoms with Crippen molar-refractivity contribution in [3.8, 4) is 0 Å². The van der Waals surface area contributed by atoms with Crippen molar-refractivity contribution in [1.82, 2.24) is 0 Å². The van der Waals surface area contributed by atoms with E-state index < -0.39 is 11.7 Å². The van der Waals surface area contributed by atoms with Crippen molar-refractivity contribution in [1.29, 1.82) is 0 Å². The molecule has 0 aliphatic heterocycles. The first kappa shape index (κ1) is 16.9. The van der Waals surface area contributed by atoms with Crippen LogP contribution in [0.25, 0.3) is 0 Å². The summed E-state index contributed by atoms with van der Waals surface area (Å²) in [5.74, 6) is 0. The predicted octanol–water partition coefficient (Wildman–Crippen LogP) is 3.06. The lowest BCUT2D eigenvalue weighted by Gasteiger charge is -2.24. The molecule has 0 amide bonds. The lowest BCUT2D eigenvalue weighted by molar-refractivity contribution is -0.0509. The summed E-state index contributed by atoms with van der Waals surface area (Å²) in [6.07, 6.45) is 2.65. The zero-order valence-electron chi connectivity index (χ0n) is 12.7. The number of ether oxygens (including phenoxy) is 1. The third kappa shape index (κ3) is 6.85. The van der Waals surface area contributed by atoms with Gasteiger partial charge in [-0.3, -0.25) is 0 Å². The third-order valence-corrected chi connectivity index (χ3v) is 3.29. The zero-order chi connectivity index (χ0) is 15.0. The van der Waals surface area contributed by atoms with Gasteiger partial charge in [0.15, 0.2) is 0 Å². The van der Waals surface area contributed by atoms with E-state index in [0.29, 0.717) is 19.6 Å². The highest BCUT2D eigenvalue weighted by Gasteiger charge is 2.23. The topological polar surface area (TPSA) is 49.7 Å². The molecule has 1 unspecified atom stereocenters. The van der Waals surface area contributed by atoms with E-state index in [4.69, 9.17) is 4.74 Å². The number of hydrogen-bond acceptors (Lipinski definition) is 3. The summed E-state index contributed by atoms with van der Waals surface area (Å²) >= 11 is 0. The zero-order valence-corrected chi connectivity index (χ0v) is 12.7. The average molecular weight is 278 g/mol. The van der Waals surface area contributed by atoms with Gasteiger partial charge in [0.2, 0.25) is 0 Å². The molecule has 0 spiro atoms. The minimum absolute atomic E-state index is 0.560. The Morgan fingerprint density at radius 1 is 1.30 bits per heavy atom. The Morgan fingerprint density at radius 3 is 2.55 bits per heavy atom. The van der Waals surface area contributed by atoms with Crippen LogP contribution >= 0.6 is 0 Å². The van der Waals surface area contributed by atoms with Crippen LogP contribution in [0.15, 0.2) is 42.0 Å². The molecule has 0 aliphatic carbocycles. The molecule has 1 rings (SSSR count). The van der Waals surface area contributed by atoms with Crippen molar-refractivity contribution in [2.24, 2.45) is 0 Å². The van der Waals surface area contributed by atoms with Crippen LogP contribution < -0.4 is 0 Å². The van der Waals surface area contributed by atoms with Gasteiger partial charge in [-0.25, -0.2) is 0 Å². The van der Waals surface area contributed by atoms with Crippen LogP contribution in [-0.4, -0.2) is 28.5 Å². The first-order valence-corrected chi connectivity index (χ1v) is 7.07. The van der Waals surface area contributed by atoms with Crippen molar-refractivity contribution in [3.05, 3.63) is 47.5 Å². The van der Waals surface area contributed by atoms with E-state index in [0.717, 1.165) is 12.0 Å². The van der Waals surface area contributed by atoms with E-state index in [1.54, 1.807) is 13.8 Å². The van der Waals surface area contributed by atoms with Crippen LogP contribution in [-0.2, 0) is 11.3 Å². The van der Waals surface area contributed by atoms with Crippen LogP contribution in [0.4, 0.5) is 0 Å². The molecule has 0 aromatic heterocycles. The molecule has 3 nitrogen and oxygen atoms in total. The van der Waals surface area contributed by atoms with Gasteiger partial charge < -0.3 is 14.9 Å². The second-order valence-corrected chi connectivity index (χ2v) is 5.76. The molecule has 1 atom stereocenters. The van der Waals surface area contributed by atoms with Crippen LogP contribution in [0.5, 0.6) is 0 Å². The summed E-state index contributed by atoms with van der Waals surface area (Å²) in [7, 11) is 0. The van der Waals surface area contributed by atoms with Crippen molar-refractivity contribution in [2.45, 2.75) is 51.9 Å². The Hall–Kier alpha value is -1.16. The number of rotatable bonds is 8. The highest BCUT2D eigenvalue weighted by Crippen LogP contribution is 2.16.